The fourth-order valence-corrected chi connectivity index (χ4v) is 6.47. The zero-order chi connectivity index (χ0) is 32.7. The molecule has 1 fully saturated rings. The van der Waals surface area contributed by atoms with Crippen LogP contribution in [0.25, 0.3) is 28.6 Å². The summed E-state index contributed by atoms with van der Waals surface area (Å²) < 4.78 is 41.4. The summed E-state index contributed by atoms with van der Waals surface area (Å²) >= 11 is 7.85. The highest BCUT2D eigenvalue weighted by atomic mass is 35.5. The number of anilines is 1. The summed E-state index contributed by atoms with van der Waals surface area (Å²) in [5.41, 5.74) is 1.71. The van der Waals surface area contributed by atoms with Gasteiger partial charge in [0.2, 0.25) is 10.6 Å². The van der Waals surface area contributed by atoms with Crippen molar-refractivity contribution >= 4 is 85.2 Å². The van der Waals surface area contributed by atoms with Crippen molar-refractivity contribution in [1.29, 1.82) is 0 Å². The van der Waals surface area contributed by atoms with Crippen molar-refractivity contribution < 1.29 is 41.2 Å². The summed E-state index contributed by atoms with van der Waals surface area (Å²) in [7, 11) is -4.27. The van der Waals surface area contributed by atoms with Crippen molar-refractivity contribution in [3.8, 4) is 0 Å². The van der Waals surface area contributed by atoms with Crippen molar-refractivity contribution in [3.05, 3.63) is 63.8 Å². The predicted octanol–water partition coefficient (Wildman–Crippen LogP) is 2.49. The van der Waals surface area contributed by atoms with Gasteiger partial charge in [-0.25, -0.2) is 17.8 Å². The SMILES string of the molecule is O=C(CCCCC[n+]1cc(Cl)cc2sc(/C=C/C=C/C=c3\nc4c(o3)=CC=CN4CCCS(=O)(=O)[O-])nc21)ON1C(=O)CCC1=O. The average molecular weight is 688 g/mol. The number of carbonyl (C=O) groups excluding carboxylic acids is 3. The van der Waals surface area contributed by atoms with Gasteiger partial charge in [0, 0.05) is 49.9 Å². The minimum absolute atomic E-state index is 0.0652. The average Bonchev–Trinajstić information content (AvgIpc) is 3.69. The minimum Gasteiger partial charge on any atom is -0.748 e. The maximum absolute atomic E-state index is 12.0. The number of halogens is 1. The lowest BCUT2D eigenvalue weighted by Crippen LogP contribution is -2.34. The number of imide groups is 1. The Morgan fingerprint density at radius 2 is 1.93 bits per heavy atom. The predicted molar refractivity (Wildman–Crippen MR) is 169 cm³/mol. The number of oxazole rings is 1. The number of carbonyl (C=O) groups is 3. The molecule has 0 spiro atoms. The molecule has 46 heavy (non-hydrogen) atoms. The standard InChI is InChI=1S/C30H30ClN5O8S2/c31-21-19-23-30(35(20-21)15-6-2-5-12-28(39)44-36-26(37)13-14-27(36)38)33-25(45-23)11-4-1-3-10-24-32-29-22(43-24)9-7-16-34(29)17-8-18-46(40,41)42/h1,3-4,7,9-11,16,19-20H,2,5-6,8,12-15,17-18H2. The molecule has 3 aromatic heterocycles. The van der Waals surface area contributed by atoms with Gasteiger partial charge in [-0.2, -0.15) is 4.98 Å². The van der Waals surface area contributed by atoms with E-state index < -0.39 is 33.7 Å². The number of hydrogen-bond donors (Lipinski definition) is 0. The third kappa shape index (κ3) is 8.96. The van der Waals surface area contributed by atoms with Gasteiger partial charge in [0.15, 0.2) is 11.2 Å². The highest BCUT2D eigenvalue weighted by Crippen LogP contribution is 2.24. The molecule has 5 rings (SSSR count). The molecule has 0 bridgehead atoms. The second kappa shape index (κ2) is 14.9. The summed E-state index contributed by atoms with van der Waals surface area (Å²) in [6.45, 7) is 0.958. The molecule has 0 aromatic carbocycles. The second-order valence-corrected chi connectivity index (χ2v) is 13.4. The molecular weight excluding hydrogens is 658 g/mol. The molecule has 0 saturated carbocycles. The molecule has 2 aliphatic rings. The van der Waals surface area contributed by atoms with Crippen LogP contribution in [0.4, 0.5) is 5.82 Å². The van der Waals surface area contributed by atoms with Crippen LogP contribution in [0, 0.1) is 0 Å². The number of fused-ring (bicyclic) bond motifs is 2. The van der Waals surface area contributed by atoms with Gasteiger partial charge >= 0.3 is 11.6 Å². The Hall–Kier alpha value is -4.18. The summed E-state index contributed by atoms with van der Waals surface area (Å²) in [5.74, 6) is -1.47. The van der Waals surface area contributed by atoms with Crippen molar-refractivity contribution in [3.63, 3.8) is 0 Å². The number of aromatic nitrogens is 3. The third-order valence-corrected chi connectivity index (χ3v) is 8.83. The quantitative estimate of drug-likeness (QED) is 0.0803. The summed E-state index contributed by atoms with van der Waals surface area (Å²) in [6.07, 6.45) is 18.5. The van der Waals surface area contributed by atoms with Crippen LogP contribution in [0.5, 0.6) is 0 Å². The van der Waals surface area contributed by atoms with Gasteiger partial charge in [-0.3, -0.25) is 9.59 Å². The molecule has 1 saturated heterocycles. The lowest BCUT2D eigenvalue weighted by molar-refractivity contribution is -0.673. The zero-order valence-electron chi connectivity index (χ0n) is 24.5. The second-order valence-electron chi connectivity index (χ2n) is 10.4. The Morgan fingerprint density at radius 1 is 1.13 bits per heavy atom. The van der Waals surface area contributed by atoms with E-state index in [9.17, 15) is 27.4 Å². The van der Waals surface area contributed by atoms with Gasteiger partial charge in [0.05, 0.1) is 21.7 Å². The summed E-state index contributed by atoms with van der Waals surface area (Å²) in [5, 5.41) is 1.93. The van der Waals surface area contributed by atoms with E-state index >= 15 is 0 Å². The highest BCUT2D eigenvalue weighted by Gasteiger charge is 2.32. The van der Waals surface area contributed by atoms with Crippen molar-refractivity contribution in [1.82, 2.24) is 15.0 Å². The van der Waals surface area contributed by atoms with E-state index in [-0.39, 0.29) is 25.7 Å². The Kier molecular flexibility index (Phi) is 10.8. The van der Waals surface area contributed by atoms with Gasteiger partial charge in [-0.05, 0) is 48.9 Å². The Morgan fingerprint density at radius 3 is 2.72 bits per heavy atom. The first-order chi connectivity index (χ1) is 22.1. The highest BCUT2D eigenvalue weighted by molar-refractivity contribution is 7.85. The molecule has 5 heterocycles. The van der Waals surface area contributed by atoms with E-state index in [1.165, 1.54) is 11.3 Å². The molecule has 16 heteroatoms. The first-order valence-corrected chi connectivity index (χ1v) is 17.3. The molecule has 0 unspecified atom stereocenters. The number of allylic oxidation sites excluding steroid dienone is 4. The summed E-state index contributed by atoms with van der Waals surface area (Å²) in [4.78, 5) is 51.0. The van der Waals surface area contributed by atoms with E-state index in [1.54, 1.807) is 35.4 Å². The van der Waals surface area contributed by atoms with Crippen LogP contribution >= 0.6 is 22.9 Å². The number of nitrogens with zero attached hydrogens (tertiary/aromatic N) is 5. The number of aryl methyl sites for hydroxylation is 1. The molecule has 0 aliphatic carbocycles. The van der Waals surface area contributed by atoms with Crippen LogP contribution < -0.4 is 20.4 Å². The molecule has 0 radical (unpaired) electrons. The molecule has 242 valence electrons. The zero-order valence-corrected chi connectivity index (χ0v) is 26.9. The number of thiazole rings is 1. The smallest absolute Gasteiger partial charge is 0.342 e. The summed E-state index contributed by atoms with van der Waals surface area (Å²) in [6, 6.07) is 1.86. The van der Waals surface area contributed by atoms with Gasteiger partial charge in [0.25, 0.3) is 11.8 Å². The number of pyridine rings is 1. The molecular formula is C30H30ClN5O8S2. The fourth-order valence-electron chi connectivity index (χ4n) is 4.75. The van der Waals surface area contributed by atoms with E-state index in [4.69, 9.17) is 25.8 Å². The van der Waals surface area contributed by atoms with Gasteiger partial charge in [-0.15, -0.1) is 5.06 Å². The maximum Gasteiger partial charge on any atom is 0.342 e. The number of unbranched alkanes of at least 4 members (excludes halogenated alkanes) is 2. The number of hydrogen-bond acceptors (Lipinski definition) is 12. The van der Waals surface area contributed by atoms with E-state index in [0.717, 1.165) is 28.2 Å². The lowest BCUT2D eigenvalue weighted by Gasteiger charge is -2.19. The normalized spacial score (nSPS) is 15.6. The van der Waals surface area contributed by atoms with E-state index in [1.807, 2.05) is 35.1 Å². The largest absolute Gasteiger partial charge is 0.748 e. The molecule has 2 aliphatic heterocycles. The third-order valence-electron chi connectivity index (χ3n) is 6.88. The topological polar surface area (TPSA) is 167 Å². The monoisotopic (exact) mass is 687 g/mol. The molecule has 0 N–H and O–H groups in total. The van der Waals surface area contributed by atoms with Crippen molar-refractivity contribution in [2.75, 3.05) is 17.2 Å². The number of hydroxylamine groups is 2. The number of amides is 2. The number of rotatable bonds is 14. The first-order valence-electron chi connectivity index (χ1n) is 14.5. The lowest BCUT2D eigenvalue weighted by atomic mass is 10.2. The van der Waals surface area contributed by atoms with E-state index in [2.05, 4.69) is 4.98 Å². The maximum atomic E-state index is 12.0. The Bertz CT molecular complexity index is 1950. The van der Waals surface area contributed by atoms with Crippen LogP contribution in [0.2, 0.25) is 5.02 Å². The van der Waals surface area contributed by atoms with Crippen LogP contribution in [-0.4, -0.2) is 58.1 Å². The Labute approximate surface area is 273 Å². The van der Waals surface area contributed by atoms with Gasteiger partial charge < -0.3 is 18.7 Å². The molecule has 0 atom stereocenters. The molecule has 2 amide bonds. The molecule has 13 nitrogen and oxygen atoms in total. The van der Waals surface area contributed by atoms with Gasteiger partial charge in [-0.1, -0.05) is 41.2 Å². The van der Waals surface area contributed by atoms with E-state index in [0.29, 0.717) is 46.4 Å². The van der Waals surface area contributed by atoms with Crippen LogP contribution in [0.1, 0.15) is 50.0 Å². The minimum atomic E-state index is -4.27. The molecule has 3 aromatic rings. The van der Waals surface area contributed by atoms with Gasteiger partial charge in [0.1, 0.15) is 10.9 Å². The van der Waals surface area contributed by atoms with Crippen LogP contribution in [-0.2, 0) is 35.9 Å². The fraction of sp³-hybridized carbons (Fsp3) is 0.333. The van der Waals surface area contributed by atoms with Crippen LogP contribution in [0.3, 0.4) is 0 Å². The van der Waals surface area contributed by atoms with Crippen molar-refractivity contribution in [2.45, 2.75) is 51.5 Å². The van der Waals surface area contributed by atoms with Crippen molar-refractivity contribution in [2.24, 2.45) is 0 Å². The van der Waals surface area contributed by atoms with Crippen LogP contribution in [0.15, 0.2) is 47.2 Å². The first kappa shape index (κ1) is 33.2. The Balaban J connectivity index is 1.13.